The first-order valence-electron chi connectivity index (χ1n) is 9.31. The number of hydrogen-bond acceptors (Lipinski definition) is 4. The summed E-state index contributed by atoms with van der Waals surface area (Å²) in [6, 6.07) is 0.136. The summed E-state index contributed by atoms with van der Waals surface area (Å²) in [6.45, 7) is 0.716. The Hall–Kier alpha value is -1.67. The third-order valence-corrected chi connectivity index (χ3v) is 6.59. The van der Waals surface area contributed by atoms with Crippen molar-refractivity contribution in [1.29, 1.82) is 0 Å². The van der Waals surface area contributed by atoms with Crippen LogP contribution in [0.15, 0.2) is 0 Å². The van der Waals surface area contributed by atoms with Crippen LogP contribution < -0.4 is 21.7 Å². The summed E-state index contributed by atoms with van der Waals surface area (Å²) < 4.78 is 0. The van der Waals surface area contributed by atoms with Crippen LogP contribution in [0.5, 0.6) is 0 Å². The van der Waals surface area contributed by atoms with Crippen molar-refractivity contribution in [3.05, 3.63) is 16.0 Å². The zero-order chi connectivity index (χ0) is 18.3. The van der Waals surface area contributed by atoms with Crippen molar-refractivity contribution in [1.82, 2.24) is 10.6 Å². The van der Waals surface area contributed by atoms with Gasteiger partial charge in [-0.05, 0) is 68.6 Å². The number of amides is 2. The Balaban J connectivity index is 1.58. The molecule has 1 atom stereocenters. The van der Waals surface area contributed by atoms with Crippen LogP contribution in [0.1, 0.15) is 52.9 Å². The standard InChI is InChI=1S/C18H24N4O2S2/c19-18(25)21-11-5-6-13-12(7-11)14(16(24)20-8-9-1-2-9)17(26-13)22-15(23)10-3-4-10/h9-11H,1-8H2,(H,20,24)(H,22,23)(H3,19,21,25)/t11-/m0/s1. The molecular formula is C18H24N4O2S2. The molecule has 0 aromatic carbocycles. The third kappa shape index (κ3) is 4.01. The highest BCUT2D eigenvalue weighted by Crippen LogP contribution is 2.40. The molecule has 26 heavy (non-hydrogen) atoms. The number of carbonyl (C=O) groups excluding carboxylic acids is 2. The lowest BCUT2D eigenvalue weighted by Gasteiger charge is -2.24. The highest BCUT2D eigenvalue weighted by atomic mass is 32.1. The first-order chi connectivity index (χ1) is 12.5. The van der Waals surface area contributed by atoms with Gasteiger partial charge in [0.2, 0.25) is 5.91 Å². The Morgan fingerprint density at radius 3 is 2.62 bits per heavy atom. The van der Waals surface area contributed by atoms with E-state index in [1.165, 1.54) is 17.7 Å². The van der Waals surface area contributed by atoms with Gasteiger partial charge in [-0.3, -0.25) is 9.59 Å². The summed E-state index contributed by atoms with van der Waals surface area (Å²) in [4.78, 5) is 26.4. The van der Waals surface area contributed by atoms with E-state index in [0.29, 0.717) is 29.4 Å². The number of fused-ring (bicyclic) bond motifs is 1. The summed E-state index contributed by atoms with van der Waals surface area (Å²) in [6.07, 6.45) is 6.75. The largest absolute Gasteiger partial charge is 0.376 e. The molecule has 4 rings (SSSR count). The molecule has 5 N–H and O–H groups in total. The van der Waals surface area contributed by atoms with Gasteiger partial charge in [-0.2, -0.15) is 0 Å². The van der Waals surface area contributed by atoms with Crippen LogP contribution in [-0.4, -0.2) is 29.5 Å². The molecule has 0 unspecified atom stereocenters. The molecule has 0 aliphatic heterocycles. The molecule has 0 radical (unpaired) electrons. The number of rotatable bonds is 6. The fourth-order valence-electron chi connectivity index (χ4n) is 3.44. The van der Waals surface area contributed by atoms with Crippen LogP contribution in [-0.2, 0) is 17.6 Å². The number of aryl methyl sites for hydroxylation is 1. The van der Waals surface area contributed by atoms with Crippen LogP contribution in [0.2, 0.25) is 0 Å². The zero-order valence-corrected chi connectivity index (χ0v) is 16.2. The molecule has 0 saturated heterocycles. The second kappa shape index (κ2) is 7.15. The average molecular weight is 393 g/mol. The maximum atomic E-state index is 12.9. The molecule has 3 aliphatic carbocycles. The first-order valence-corrected chi connectivity index (χ1v) is 10.5. The Morgan fingerprint density at radius 2 is 1.96 bits per heavy atom. The van der Waals surface area contributed by atoms with Gasteiger partial charge in [-0.1, -0.05) is 0 Å². The number of hydrogen-bond donors (Lipinski definition) is 4. The van der Waals surface area contributed by atoms with E-state index in [2.05, 4.69) is 16.0 Å². The van der Waals surface area contributed by atoms with Crippen LogP contribution in [0.4, 0.5) is 5.00 Å². The predicted molar refractivity (Wildman–Crippen MR) is 106 cm³/mol. The van der Waals surface area contributed by atoms with Crippen LogP contribution in [0.25, 0.3) is 0 Å². The van der Waals surface area contributed by atoms with Crippen molar-refractivity contribution in [2.24, 2.45) is 17.6 Å². The highest BCUT2D eigenvalue weighted by Gasteiger charge is 2.34. The molecule has 140 valence electrons. The molecule has 2 amide bonds. The highest BCUT2D eigenvalue weighted by molar-refractivity contribution is 7.80. The number of thiophene rings is 1. The molecule has 2 saturated carbocycles. The van der Waals surface area contributed by atoms with E-state index in [1.807, 2.05) is 0 Å². The van der Waals surface area contributed by atoms with Crippen molar-refractivity contribution < 1.29 is 9.59 Å². The summed E-state index contributed by atoms with van der Waals surface area (Å²) >= 11 is 6.52. The summed E-state index contributed by atoms with van der Waals surface area (Å²) in [5.41, 5.74) is 7.31. The lowest BCUT2D eigenvalue weighted by Crippen LogP contribution is -2.41. The van der Waals surface area contributed by atoms with Crippen molar-refractivity contribution >= 4 is 45.5 Å². The number of anilines is 1. The average Bonchev–Trinajstić information content (AvgIpc) is 3.49. The number of carbonyl (C=O) groups is 2. The van der Waals surface area contributed by atoms with E-state index in [-0.39, 0.29) is 28.9 Å². The molecule has 6 nitrogen and oxygen atoms in total. The van der Waals surface area contributed by atoms with Crippen LogP contribution >= 0.6 is 23.6 Å². The minimum Gasteiger partial charge on any atom is -0.376 e. The van der Waals surface area contributed by atoms with Crippen molar-refractivity contribution in [3.8, 4) is 0 Å². The summed E-state index contributed by atoms with van der Waals surface area (Å²) in [5, 5.41) is 10.2. The van der Waals surface area contributed by atoms with Gasteiger partial charge >= 0.3 is 0 Å². The Kier molecular flexibility index (Phi) is 4.88. The van der Waals surface area contributed by atoms with Gasteiger partial charge in [-0.25, -0.2) is 0 Å². The Morgan fingerprint density at radius 1 is 1.19 bits per heavy atom. The number of nitrogens with two attached hydrogens (primary N) is 1. The monoisotopic (exact) mass is 392 g/mol. The maximum absolute atomic E-state index is 12.9. The lowest BCUT2D eigenvalue weighted by molar-refractivity contribution is -0.117. The third-order valence-electron chi connectivity index (χ3n) is 5.27. The molecule has 0 spiro atoms. The molecule has 1 aromatic heterocycles. The van der Waals surface area contributed by atoms with Crippen LogP contribution in [0.3, 0.4) is 0 Å². The first kappa shape index (κ1) is 17.7. The fraction of sp³-hybridized carbons (Fsp3) is 0.611. The second-order valence-electron chi connectivity index (χ2n) is 7.57. The molecule has 1 heterocycles. The smallest absolute Gasteiger partial charge is 0.254 e. The van der Waals surface area contributed by atoms with Gasteiger partial charge in [0.15, 0.2) is 5.11 Å². The number of nitrogens with one attached hydrogen (secondary N) is 3. The van der Waals surface area contributed by atoms with Gasteiger partial charge in [0.05, 0.1) is 5.56 Å². The minimum absolute atomic E-state index is 0.0395. The molecule has 8 heteroatoms. The van der Waals surface area contributed by atoms with Gasteiger partial charge < -0.3 is 21.7 Å². The number of thiocarbonyl (C=S) groups is 1. The van der Waals surface area contributed by atoms with Gasteiger partial charge in [0.1, 0.15) is 5.00 Å². The summed E-state index contributed by atoms with van der Waals surface area (Å²) in [5.74, 6) is 0.691. The van der Waals surface area contributed by atoms with E-state index in [4.69, 9.17) is 18.0 Å². The van der Waals surface area contributed by atoms with Crippen molar-refractivity contribution in [3.63, 3.8) is 0 Å². The topological polar surface area (TPSA) is 96.2 Å². The molecule has 3 aliphatic rings. The SMILES string of the molecule is NC(=S)N[C@H]1CCc2sc(NC(=O)C3CC3)c(C(=O)NCC3CC3)c2C1. The van der Waals surface area contributed by atoms with E-state index < -0.39 is 0 Å². The van der Waals surface area contributed by atoms with E-state index >= 15 is 0 Å². The molecule has 1 aromatic rings. The van der Waals surface area contributed by atoms with E-state index in [1.54, 1.807) is 11.3 Å². The predicted octanol–water partition coefficient (Wildman–Crippen LogP) is 1.93. The molecular weight excluding hydrogens is 368 g/mol. The molecule has 0 bridgehead atoms. The van der Waals surface area contributed by atoms with Gasteiger partial charge in [-0.15, -0.1) is 11.3 Å². The maximum Gasteiger partial charge on any atom is 0.254 e. The van der Waals surface area contributed by atoms with Crippen molar-refractivity contribution in [2.75, 3.05) is 11.9 Å². The van der Waals surface area contributed by atoms with Gasteiger partial charge in [0, 0.05) is 23.4 Å². The normalized spacial score (nSPS) is 21.6. The lowest BCUT2D eigenvalue weighted by atomic mass is 9.91. The Labute approximate surface area is 162 Å². The van der Waals surface area contributed by atoms with E-state index in [0.717, 1.165) is 31.2 Å². The zero-order valence-electron chi connectivity index (χ0n) is 14.6. The fourth-order valence-corrected chi connectivity index (χ4v) is 4.85. The van der Waals surface area contributed by atoms with Crippen molar-refractivity contribution in [2.45, 2.75) is 51.0 Å². The Bertz CT molecular complexity index is 753. The second-order valence-corrected chi connectivity index (χ2v) is 9.12. The van der Waals surface area contributed by atoms with Gasteiger partial charge in [0.25, 0.3) is 5.91 Å². The summed E-state index contributed by atoms with van der Waals surface area (Å²) in [7, 11) is 0. The molecule has 2 fully saturated rings. The minimum atomic E-state index is -0.0727. The quantitative estimate of drug-likeness (QED) is 0.555. The van der Waals surface area contributed by atoms with E-state index in [9.17, 15) is 9.59 Å². The van der Waals surface area contributed by atoms with Crippen LogP contribution in [0, 0.1) is 11.8 Å².